The highest BCUT2D eigenvalue weighted by Gasteiger charge is 2.33. The van der Waals surface area contributed by atoms with Crippen LogP contribution >= 0.6 is 0 Å². The second kappa shape index (κ2) is 6.02. The number of aromatic nitrogens is 1. The molecule has 0 spiro atoms. The molecular formula is C16H26N2O. The van der Waals surface area contributed by atoms with Crippen LogP contribution in [-0.4, -0.2) is 34.2 Å². The molecule has 0 radical (unpaired) electrons. The van der Waals surface area contributed by atoms with E-state index < -0.39 is 5.60 Å². The highest BCUT2D eigenvalue weighted by atomic mass is 16.3. The summed E-state index contributed by atoms with van der Waals surface area (Å²) < 4.78 is 0. The molecule has 0 unspecified atom stereocenters. The van der Waals surface area contributed by atoms with Gasteiger partial charge in [-0.3, -0.25) is 9.88 Å². The molecule has 19 heavy (non-hydrogen) atoms. The van der Waals surface area contributed by atoms with Crippen LogP contribution in [0.2, 0.25) is 0 Å². The van der Waals surface area contributed by atoms with Crippen molar-refractivity contribution >= 4 is 0 Å². The van der Waals surface area contributed by atoms with Crippen molar-refractivity contribution in [3.05, 3.63) is 30.1 Å². The average molecular weight is 262 g/mol. The number of likely N-dealkylation sites (N-methyl/N-ethyl adjacent to an activating group) is 1. The summed E-state index contributed by atoms with van der Waals surface area (Å²) in [5, 5.41) is 10.7. The van der Waals surface area contributed by atoms with E-state index in [2.05, 4.69) is 30.8 Å². The number of hydrogen-bond acceptors (Lipinski definition) is 3. The minimum absolute atomic E-state index is 0.240. The van der Waals surface area contributed by atoms with Crippen molar-refractivity contribution in [1.82, 2.24) is 9.88 Å². The molecule has 2 rings (SSSR count). The second-order valence-corrected chi connectivity index (χ2v) is 6.25. The SMILES string of the molecule is CC1CCC(O)(CN(C)[C@@H](C)c2ccccn2)CC1. The van der Waals surface area contributed by atoms with Gasteiger partial charge in [0.2, 0.25) is 0 Å². The van der Waals surface area contributed by atoms with Crippen LogP contribution in [0.1, 0.15) is 51.3 Å². The maximum atomic E-state index is 10.7. The molecule has 1 fully saturated rings. The molecule has 1 atom stereocenters. The summed E-state index contributed by atoms with van der Waals surface area (Å²) in [6.07, 6.45) is 5.96. The summed E-state index contributed by atoms with van der Waals surface area (Å²) in [6.45, 7) is 5.16. The summed E-state index contributed by atoms with van der Waals surface area (Å²) in [6, 6.07) is 6.24. The lowest BCUT2D eigenvalue weighted by molar-refractivity contribution is -0.0370. The summed E-state index contributed by atoms with van der Waals surface area (Å²) in [4.78, 5) is 6.62. The maximum Gasteiger partial charge on any atom is 0.0774 e. The van der Waals surface area contributed by atoms with E-state index in [0.717, 1.165) is 43.8 Å². The predicted octanol–water partition coefficient (Wildman–Crippen LogP) is 3.02. The van der Waals surface area contributed by atoms with Crippen LogP contribution in [0.15, 0.2) is 24.4 Å². The lowest BCUT2D eigenvalue weighted by Gasteiger charge is -2.39. The molecule has 0 saturated heterocycles. The molecule has 3 nitrogen and oxygen atoms in total. The molecule has 3 heteroatoms. The molecular weight excluding hydrogens is 236 g/mol. The Morgan fingerprint density at radius 1 is 1.42 bits per heavy atom. The minimum atomic E-state index is -0.510. The summed E-state index contributed by atoms with van der Waals surface area (Å²) in [7, 11) is 2.08. The largest absolute Gasteiger partial charge is 0.389 e. The van der Waals surface area contributed by atoms with Gasteiger partial charge in [-0.15, -0.1) is 0 Å². The molecule has 0 amide bonds. The average Bonchev–Trinajstić information content (AvgIpc) is 2.42. The Bertz CT molecular complexity index is 385. The van der Waals surface area contributed by atoms with Gasteiger partial charge in [-0.2, -0.15) is 0 Å². The molecule has 0 aliphatic heterocycles. The first-order chi connectivity index (χ1) is 9.00. The Hall–Kier alpha value is -0.930. The quantitative estimate of drug-likeness (QED) is 0.906. The van der Waals surface area contributed by atoms with E-state index in [4.69, 9.17) is 0 Å². The van der Waals surface area contributed by atoms with E-state index in [9.17, 15) is 5.11 Å². The van der Waals surface area contributed by atoms with Crippen molar-refractivity contribution in [2.75, 3.05) is 13.6 Å². The van der Waals surface area contributed by atoms with E-state index in [-0.39, 0.29) is 6.04 Å². The van der Waals surface area contributed by atoms with Gasteiger partial charge >= 0.3 is 0 Å². The zero-order valence-electron chi connectivity index (χ0n) is 12.3. The highest BCUT2D eigenvalue weighted by molar-refractivity contribution is 5.08. The van der Waals surface area contributed by atoms with Gasteiger partial charge in [0.05, 0.1) is 11.3 Å². The first kappa shape index (κ1) is 14.5. The zero-order chi connectivity index (χ0) is 13.9. The van der Waals surface area contributed by atoms with Crippen molar-refractivity contribution < 1.29 is 5.11 Å². The Morgan fingerprint density at radius 3 is 2.68 bits per heavy atom. The zero-order valence-corrected chi connectivity index (χ0v) is 12.3. The van der Waals surface area contributed by atoms with Crippen molar-refractivity contribution in [3.63, 3.8) is 0 Å². The number of rotatable bonds is 4. The van der Waals surface area contributed by atoms with Crippen LogP contribution in [0.25, 0.3) is 0 Å². The van der Waals surface area contributed by atoms with Gasteiger partial charge in [-0.1, -0.05) is 13.0 Å². The minimum Gasteiger partial charge on any atom is -0.389 e. The fraction of sp³-hybridized carbons (Fsp3) is 0.688. The molecule has 1 aliphatic rings. The fourth-order valence-electron chi connectivity index (χ4n) is 2.91. The van der Waals surface area contributed by atoms with Crippen LogP contribution in [0.3, 0.4) is 0 Å². The van der Waals surface area contributed by atoms with Crippen LogP contribution in [0.4, 0.5) is 0 Å². The molecule has 1 aliphatic carbocycles. The Morgan fingerprint density at radius 2 is 2.11 bits per heavy atom. The molecule has 1 N–H and O–H groups in total. The molecule has 0 bridgehead atoms. The molecule has 0 aromatic carbocycles. The maximum absolute atomic E-state index is 10.7. The topological polar surface area (TPSA) is 36.4 Å². The van der Waals surface area contributed by atoms with Crippen LogP contribution < -0.4 is 0 Å². The summed E-state index contributed by atoms with van der Waals surface area (Å²) >= 11 is 0. The van der Waals surface area contributed by atoms with E-state index in [1.807, 2.05) is 24.4 Å². The van der Waals surface area contributed by atoms with Crippen LogP contribution in [0, 0.1) is 5.92 Å². The number of aliphatic hydroxyl groups is 1. The van der Waals surface area contributed by atoms with E-state index in [0.29, 0.717) is 0 Å². The first-order valence-corrected chi connectivity index (χ1v) is 7.34. The monoisotopic (exact) mass is 262 g/mol. The van der Waals surface area contributed by atoms with Gasteiger partial charge < -0.3 is 5.11 Å². The van der Waals surface area contributed by atoms with Crippen LogP contribution in [0.5, 0.6) is 0 Å². The van der Waals surface area contributed by atoms with Crippen LogP contribution in [-0.2, 0) is 0 Å². The lowest BCUT2D eigenvalue weighted by Crippen LogP contribution is -2.44. The fourth-order valence-corrected chi connectivity index (χ4v) is 2.91. The number of nitrogens with zero attached hydrogens (tertiary/aromatic N) is 2. The van der Waals surface area contributed by atoms with Gasteiger partial charge in [0.1, 0.15) is 0 Å². The third-order valence-electron chi connectivity index (χ3n) is 4.53. The van der Waals surface area contributed by atoms with Gasteiger partial charge in [0, 0.05) is 18.8 Å². The standard InChI is InChI=1S/C16H26N2O/c1-13-7-9-16(19,10-8-13)12-18(3)14(2)15-6-4-5-11-17-15/h4-6,11,13-14,19H,7-10,12H2,1-3H3/t13?,14-,16?/m0/s1. The molecule has 106 valence electrons. The van der Waals surface area contributed by atoms with E-state index >= 15 is 0 Å². The number of pyridine rings is 1. The Balaban J connectivity index is 1.95. The third-order valence-corrected chi connectivity index (χ3v) is 4.53. The summed E-state index contributed by atoms with van der Waals surface area (Å²) in [5.41, 5.74) is 0.558. The van der Waals surface area contributed by atoms with Crippen molar-refractivity contribution in [1.29, 1.82) is 0 Å². The van der Waals surface area contributed by atoms with Gasteiger partial charge in [0.25, 0.3) is 0 Å². The lowest BCUT2D eigenvalue weighted by atomic mass is 9.79. The number of hydrogen-bond donors (Lipinski definition) is 1. The van der Waals surface area contributed by atoms with E-state index in [1.54, 1.807) is 0 Å². The van der Waals surface area contributed by atoms with Crippen molar-refractivity contribution in [2.45, 2.75) is 51.2 Å². The molecule has 1 heterocycles. The Labute approximate surface area is 116 Å². The van der Waals surface area contributed by atoms with Crippen molar-refractivity contribution in [2.24, 2.45) is 5.92 Å². The van der Waals surface area contributed by atoms with Gasteiger partial charge in [-0.25, -0.2) is 0 Å². The smallest absolute Gasteiger partial charge is 0.0774 e. The molecule has 1 aromatic heterocycles. The normalized spacial score (nSPS) is 29.4. The highest BCUT2D eigenvalue weighted by Crippen LogP contribution is 2.33. The predicted molar refractivity (Wildman–Crippen MR) is 77.9 cm³/mol. The van der Waals surface area contributed by atoms with Crippen molar-refractivity contribution in [3.8, 4) is 0 Å². The first-order valence-electron chi connectivity index (χ1n) is 7.34. The third kappa shape index (κ3) is 3.77. The van der Waals surface area contributed by atoms with E-state index in [1.165, 1.54) is 0 Å². The molecule has 1 saturated carbocycles. The molecule has 1 aromatic rings. The van der Waals surface area contributed by atoms with Gasteiger partial charge in [0.15, 0.2) is 0 Å². The second-order valence-electron chi connectivity index (χ2n) is 6.25. The Kier molecular flexibility index (Phi) is 4.58. The van der Waals surface area contributed by atoms with Gasteiger partial charge in [-0.05, 0) is 57.7 Å². The summed E-state index contributed by atoms with van der Waals surface area (Å²) in [5.74, 6) is 0.763.